The minimum Gasteiger partial charge on any atom is -0.478 e. The Morgan fingerprint density at radius 2 is 1.97 bits per heavy atom. The van der Waals surface area contributed by atoms with Crippen molar-refractivity contribution in [3.05, 3.63) is 60.4 Å². The van der Waals surface area contributed by atoms with Gasteiger partial charge in [-0.3, -0.25) is 0 Å². The van der Waals surface area contributed by atoms with Crippen molar-refractivity contribution in [3.8, 4) is 22.7 Å². The third-order valence-electron chi connectivity index (χ3n) is 4.77. The van der Waals surface area contributed by atoms with Crippen molar-refractivity contribution in [2.45, 2.75) is 32.1 Å². The number of para-hydroxylation sites is 1. The monoisotopic (exact) mass is 392 g/mol. The van der Waals surface area contributed by atoms with Gasteiger partial charge in [-0.1, -0.05) is 18.2 Å². The van der Waals surface area contributed by atoms with Crippen LogP contribution in [0.5, 0.6) is 5.88 Å². The Bertz CT molecular complexity index is 1010. The van der Waals surface area contributed by atoms with Gasteiger partial charge in [0.15, 0.2) is 6.23 Å². The Kier molecular flexibility index (Phi) is 5.08. The van der Waals surface area contributed by atoms with Crippen LogP contribution in [0.4, 0.5) is 5.82 Å². The molecule has 4 rings (SSSR count). The molecular formula is C22H24N4O3. The molecule has 2 aromatic heterocycles. The van der Waals surface area contributed by atoms with Gasteiger partial charge in [0, 0.05) is 41.7 Å². The van der Waals surface area contributed by atoms with E-state index in [0.29, 0.717) is 24.5 Å². The van der Waals surface area contributed by atoms with Crippen LogP contribution in [0.1, 0.15) is 32.1 Å². The molecule has 0 spiro atoms. The zero-order valence-electron chi connectivity index (χ0n) is 16.4. The quantitative estimate of drug-likeness (QED) is 0.597. The number of fused-ring (bicyclic) bond motifs is 1. The van der Waals surface area contributed by atoms with Crippen molar-refractivity contribution in [2.24, 2.45) is 4.99 Å². The number of nitrogens with one attached hydrogen (secondary N) is 1. The third kappa shape index (κ3) is 4.16. The maximum atomic E-state index is 10.5. The molecule has 0 radical (unpaired) electrons. The first-order chi connectivity index (χ1) is 13.9. The van der Waals surface area contributed by atoms with Gasteiger partial charge in [-0.2, -0.15) is 0 Å². The first-order valence-electron chi connectivity index (χ1n) is 9.51. The molecule has 0 fully saturated rings. The fourth-order valence-corrected chi connectivity index (χ4v) is 3.23. The molecule has 1 aromatic carbocycles. The predicted octanol–water partition coefficient (Wildman–Crippen LogP) is 3.52. The standard InChI is InChI=1S/C22H24N4O3/c1-22(2,28)10-11-29-18-9-8-15(12-23-18)17-13-26(16-6-4-3-5-7-16)20-19(17)21(27)25-14-24-20/h3-9,12-14,21,27-28H,10-11H2,1-2H3,(H,24,25). The highest BCUT2D eigenvalue weighted by molar-refractivity contribution is 5.85. The van der Waals surface area contributed by atoms with E-state index in [1.165, 1.54) is 6.34 Å². The van der Waals surface area contributed by atoms with Crippen LogP contribution < -0.4 is 10.1 Å². The number of nitrogens with zero attached hydrogens (tertiary/aromatic N) is 3. The highest BCUT2D eigenvalue weighted by atomic mass is 16.5. The number of ether oxygens (including phenoxy) is 1. The summed E-state index contributed by atoms with van der Waals surface area (Å²) in [5.41, 5.74) is 2.60. The lowest BCUT2D eigenvalue weighted by Gasteiger charge is -2.17. The number of benzene rings is 1. The van der Waals surface area contributed by atoms with Crippen LogP contribution in [0.3, 0.4) is 0 Å². The van der Waals surface area contributed by atoms with Gasteiger partial charge in [0.1, 0.15) is 5.82 Å². The van der Waals surface area contributed by atoms with Gasteiger partial charge < -0.3 is 24.8 Å². The SMILES string of the molecule is CC(C)(O)CCOc1ccc(-c2cn(-c3ccccc3)c3c2C(O)N=CN3)cn1. The van der Waals surface area contributed by atoms with Crippen molar-refractivity contribution in [1.82, 2.24) is 9.55 Å². The lowest BCUT2D eigenvalue weighted by molar-refractivity contribution is 0.0547. The second-order valence-electron chi connectivity index (χ2n) is 7.60. The Hall–Kier alpha value is -3.16. The maximum absolute atomic E-state index is 10.5. The molecule has 7 heteroatoms. The number of aliphatic hydroxyl groups excluding tert-OH is 1. The Morgan fingerprint density at radius 1 is 1.17 bits per heavy atom. The molecule has 3 aromatic rings. The van der Waals surface area contributed by atoms with Gasteiger partial charge in [-0.05, 0) is 32.0 Å². The highest BCUT2D eigenvalue weighted by Crippen LogP contribution is 2.39. The van der Waals surface area contributed by atoms with Crippen LogP contribution in [-0.4, -0.2) is 38.3 Å². The Labute approximate surface area is 169 Å². The molecule has 0 amide bonds. The lowest BCUT2D eigenvalue weighted by atomic mass is 10.0. The van der Waals surface area contributed by atoms with E-state index < -0.39 is 11.8 Å². The molecule has 7 nitrogen and oxygen atoms in total. The molecular weight excluding hydrogens is 368 g/mol. The second kappa shape index (κ2) is 7.69. The number of aliphatic imine (C=N–C) groups is 1. The molecule has 1 unspecified atom stereocenters. The maximum Gasteiger partial charge on any atom is 0.213 e. The summed E-state index contributed by atoms with van der Waals surface area (Å²) in [6, 6.07) is 13.6. The van der Waals surface area contributed by atoms with Crippen molar-refractivity contribution in [2.75, 3.05) is 11.9 Å². The zero-order chi connectivity index (χ0) is 20.4. The molecule has 29 heavy (non-hydrogen) atoms. The Balaban J connectivity index is 1.64. The molecule has 1 aliphatic heterocycles. The van der Waals surface area contributed by atoms with E-state index in [1.54, 1.807) is 26.1 Å². The molecule has 0 aliphatic carbocycles. The average Bonchev–Trinajstić information content (AvgIpc) is 3.09. The number of hydrogen-bond acceptors (Lipinski definition) is 6. The summed E-state index contributed by atoms with van der Waals surface area (Å²) >= 11 is 0. The van der Waals surface area contributed by atoms with E-state index in [0.717, 1.165) is 22.6 Å². The molecule has 1 aliphatic rings. The second-order valence-corrected chi connectivity index (χ2v) is 7.60. The summed E-state index contributed by atoms with van der Waals surface area (Å²) in [5, 5.41) is 23.4. The topological polar surface area (TPSA) is 91.9 Å². The normalized spacial score (nSPS) is 15.7. The summed E-state index contributed by atoms with van der Waals surface area (Å²) in [7, 11) is 0. The van der Waals surface area contributed by atoms with E-state index in [1.807, 2.05) is 47.2 Å². The van der Waals surface area contributed by atoms with Crippen molar-refractivity contribution in [3.63, 3.8) is 0 Å². The minimum atomic E-state index is -0.950. The van der Waals surface area contributed by atoms with Gasteiger partial charge in [0.25, 0.3) is 0 Å². The van der Waals surface area contributed by atoms with Crippen LogP contribution in [0, 0.1) is 0 Å². The summed E-state index contributed by atoms with van der Waals surface area (Å²) in [4.78, 5) is 8.46. The van der Waals surface area contributed by atoms with Crippen LogP contribution in [0.25, 0.3) is 16.8 Å². The number of aromatic nitrogens is 2. The molecule has 0 saturated carbocycles. The highest BCUT2D eigenvalue weighted by Gasteiger charge is 2.25. The third-order valence-corrected chi connectivity index (χ3v) is 4.77. The molecule has 3 N–H and O–H groups in total. The minimum absolute atomic E-state index is 0.382. The van der Waals surface area contributed by atoms with Crippen LogP contribution >= 0.6 is 0 Å². The molecule has 0 bridgehead atoms. The first kappa shape index (κ1) is 19.2. The van der Waals surface area contributed by atoms with Crippen molar-refractivity contribution < 1.29 is 14.9 Å². The van der Waals surface area contributed by atoms with Gasteiger partial charge in [0.05, 0.1) is 24.1 Å². The van der Waals surface area contributed by atoms with Gasteiger partial charge in [-0.15, -0.1) is 0 Å². The van der Waals surface area contributed by atoms with Gasteiger partial charge in [0.2, 0.25) is 5.88 Å². The number of pyridine rings is 1. The number of rotatable bonds is 6. The van der Waals surface area contributed by atoms with E-state index in [9.17, 15) is 10.2 Å². The summed E-state index contributed by atoms with van der Waals surface area (Å²) < 4.78 is 7.61. The summed E-state index contributed by atoms with van der Waals surface area (Å²) in [5.74, 6) is 1.27. The molecule has 0 saturated heterocycles. The van der Waals surface area contributed by atoms with Gasteiger partial charge >= 0.3 is 0 Å². The van der Waals surface area contributed by atoms with E-state index in [2.05, 4.69) is 15.3 Å². The smallest absolute Gasteiger partial charge is 0.213 e. The van der Waals surface area contributed by atoms with E-state index >= 15 is 0 Å². The fraction of sp³-hybridized carbons (Fsp3) is 0.273. The molecule has 150 valence electrons. The Morgan fingerprint density at radius 3 is 2.66 bits per heavy atom. The average molecular weight is 392 g/mol. The summed E-state index contributed by atoms with van der Waals surface area (Å²) in [6.07, 6.45) is 4.76. The number of aliphatic hydroxyl groups is 2. The fourth-order valence-electron chi connectivity index (χ4n) is 3.23. The molecule has 3 heterocycles. The predicted molar refractivity (Wildman–Crippen MR) is 112 cm³/mol. The summed E-state index contributed by atoms with van der Waals surface area (Å²) in [6.45, 7) is 3.87. The van der Waals surface area contributed by atoms with Crippen LogP contribution in [0.2, 0.25) is 0 Å². The number of anilines is 1. The largest absolute Gasteiger partial charge is 0.478 e. The lowest BCUT2D eigenvalue weighted by Crippen LogP contribution is -2.21. The van der Waals surface area contributed by atoms with Gasteiger partial charge in [-0.25, -0.2) is 9.98 Å². The first-order valence-corrected chi connectivity index (χ1v) is 9.51. The van der Waals surface area contributed by atoms with E-state index in [4.69, 9.17) is 4.74 Å². The number of hydrogen-bond donors (Lipinski definition) is 3. The zero-order valence-corrected chi connectivity index (χ0v) is 16.4. The van der Waals surface area contributed by atoms with Crippen LogP contribution in [0.15, 0.2) is 59.9 Å². The molecule has 1 atom stereocenters. The van der Waals surface area contributed by atoms with Crippen LogP contribution in [-0.2, 0) is 0 Å². The van der Waals surface area contributed by atoms with Crippen molar-refractivity contribution >= 4 is 12.2 Å². The van der Waals surface area contributed by atoms with Crippen molar-refractivity contribution in [1.29, 1.82) is 0 Å². The van der Waals surface area contributed by atoms with E-state index in [-0.39, 0.29) is 0 Å².